The number of aryl methyl sites for hydroxylation is 2. The van der Waals surface area contributed by atoms with Crippen LogP contribution in [0.5, 0.6) is 5.75 Å². The van der Waals surface area contributed by atoms with Crippen LogP contribution in [-0.4, -0.2) is 6.10 Å². The summed E-state index contributed by atoms with van der Waals surface area (Å²) in [6, 6.07) is 4.09. The van der Waals surface area contributed by atoms with Crippen molar-refractivity contribution in [3.63, 3.8) is 0 Å². The fraction of sp³-hybridized carbons (Fsp3) is 0.500. The van der Waals surface area contributed by atoms with E-state index in [-0.39, 0.29) is 12.4 Å². The van der Waals surface area contributed by atoms with Crippen LogP contribution in [0.25, 0.3) is 0 Å². The second-order valence-electron chi connectivity index (χ2n) is 4.17. The second kappa shape index (κ2) is 3.83. The Hall–Kier alpha value is -1.06. The maximum atomic E-state index is 5.75. The van der Waals surface area contributed by atoms with E-state index in [1.165, 1.54) is 0 Å². The minimum Gasteiger partial charge on any atom is -0.490 e. The Morgan fingerprint density at radius 1 is 1.13 bits per heavy atom. The van der Waals surface area contributed by atoms with Crippen LogP contribution < -0.4 is 4.74 Å². The molecule has 0 radical (unpaired) electrons. The molecule has 0 N–H and O–H groups in total. The van der Waals surface area contributed by atoms with E-state index in [2.05, 4.69) is 0 Å². The van der Waals surface area contributed by atoms with Gasteiger partial charge in [0.25, 0.3) is 0 Å². The quantitative estimate of drug-likeness (QED) is 0.565. The van der Waals surface area contributed by atoms with Crippen molar-refractivity contribution < 1.29 is 14.5 Å². The average Bonchev–Trinajstić information content (AvgIpc) is 2.93. The molecule has 1 aromatic carbocycles. The predicted octanol–water partition coefficient (Wildman–Crippen LogP) is 3.05. The second-order valence-corrected chi connectivity index (χ2v) is 4.17. The maximum Gasteiger partial charge on any atom is 0.249 e. The summed E-state index contributed by atoms with van der Waals surface area (Å²) in [5.41, 5.74) is 3.30. The van der Waals surface area contributed by atoms with Gasteiger partial charge in [0.05, 0.1) is 6.10 Å². The van der Waals surface area contributed by atoms with Gasteiger partial charge in [-0.25, -0.2) is 0 Å². The molecular weight excluding hydrogens is 192 g/mol. The van der Waals surface area contributed by atoms with Crippen molar-refractivity contribution in [2.45, 2.75) is 40.1 Å². The lowest BCUT2D eigenvalue weighted by Gasteiger charge is -2.15. The van der Waals surface area contributed by atoms with Gasteiger partial charge < -0.3 is 4.74 Å². The minimum atomic E-state index is -0.171. The number of hydrogen-bond donors (Lipinski definition) is 0. The molecule has 3 heteroatoms. The molecule has 0 saturated carbocycles. The van der Waals surface area contributed by atoms with Gasteiger partial charge in [0, 0.05) is 5.56 Å². The first-order valence-electron chi connectivity index (χ1n) is 5.18. The molecule has 1 heterocycles. The lowest BCUT2D eigenvalue weighted by atomic mass is 10.1. The van der Waals surface area contributed by atoms with Gasteiger partial charge in [-0.2, -0.15) is 9.78 Å². The molecule has 1 saturated heterocycles. The van der Waals surface area contributed by atoms with Gasteiger partial charge in [-0.3, -0.25) is 0 Å². The van der Waals surface area contributed by atoms with Gasteiger partial charge in [0.1, 0.15) is 5.75 Å². The van der Waals surface area contributed by atoms with Crippen molar-refractivity contribution in [2.24, 2.45) is 0 Å². The third-order valence-electron chi connectivity index (χ3n) is 2.30. The molecule has 3 nitrogen and oxygen atoms in total. The largest absolute Gasteiger partial charge is 0.490 e. The first-order valence-corrected chi connectivity index (χ1v) is 5.18. The van der Waals surface area contributed by atoms with Crippen LogP contribution in [0.3, 0.4) is 0 Å². The Morgan fingerprint density at radius 3 is 2.07 bits per heavy atom. The predicted molar refractivity (Wildman–Crippen MR) is 56.6 cm³/mol. The summed E-state index contributed by atoms with van der Waals surface area (Å²) in [6.07, 6.45) is 0.0252. The summed E-state index contributed by atoms with van der Waals surface area (Å²) in [5, 5.41) is 0. The van der Waals surface area contributed by atoms with Crippen LogP contribution in [0.15, 0.2) is 12.1 Å². The van der Waals surface area contributed by atoms with Gasteiger partial charge in [-0.15, -0.1) is 0 Å². The highest BCUT2D eigenvalue weighted by Gasteiger charge is 2.29. The van der Waals surface area contributed by atoms with Crippen LogP contribution in [-0.2, 0) is 9.78 Å². The summed E-state index contributed by atoms with van der Waals surface area (Å²) in [4.78, 5) is 9.57. The van der Waals surface area contributed by atoms with E-state index in [1.807, 2.05) is 39.8 Å². The van der Waals surface area contributed by atoms with Crippen molar-refractivity contribution in [3.8, 4) is 5.75 Å². The highest BCUT2D eigenvalue weighted by Crippen LogP contribution is 2.36. The molecule has 0 amide bonds. The molecule has 82 valence electrons. The van der Waals surface area contributed by atoms with E-state index < -0.39 is 0 Å². The number of ether oxygens (including phenoxy) is 1. The van der Waals surface area contributed by atoms with E-state index in [9.17, 15) is 0 Å². The van der Waals surface area contributed by atoms with Crippen LogP contribution in [0, 0.1) is 13.8 Å². The molecule has 1 aliphatic heterocycles. The van der Waals surface area contributed by atoms with Crippen molar-refractivity contribution in [2.75, 3.05) is 0 Å². The van der Waals surface area contributed by atoms with Crippen molar-refractivity contribution in [3.05, 3.63) is 28.8 Å². The van der Waals surface area contributed by atoms with Crippen molar-refractivity contribution in [1.29, 1.82) is 0 Å². The molecule has 0 spiro atoms. The van der Waals surface area contributed by atoms with Gasteiger partial charge in [0.15, 0.2) is 0 Å². The third-order valence-corrected chi connectivity index (χ3v) is 2.30. The molecule has 0 bridgehead atoms. The van der Waals surface area contributed by atoms with Crippen molar-refractivity contribution >= 4 is 0 Å². The highest BCUT2D eigenvalue weighted by molar-refractivity contribution is 5.44. The first kappa shape index (κ1) is 10.5. The SMILES string of the molecule is Cc1cc(C2OO2)cc(C)c1OC(C)C. The lowest BCUT2D eigenvalue weighted by Crippen LogP contribution is -2.08. The maximum absolute atomic E-state index is 5.75. The first-order chi connectivity index (χ1) is 7.08. The summed E-state index contributed by atoms with van der Waals surface area (Å²) in [7, 11) is 0. The zero-order valence-corrected chi connectivity index (χ0v) is 9.53. The molecule has 1 aromatic rings. The molecule has 0 aromatic heterocycles. The topological polar surface area (TPSA) is 34.3 Å². The average molecular weight is 208 g/mol. The Balaban J connectivity index is 2.30. The molecule has 15 heavy (non-hydrogen) atoms. The van der Waals surface area contributed by atoms with E-state index in [4.69, 9.17) is 14.5 Å². The Kier molecular flexibility index (Phi) is 2.67. The Labute approximate surface area is 89.9 Å². The smallest absolute Gasteiger partial charge is 0.249 e. The zero-order chi connectivity index (χ0) is 11.0. The van der Waals surface area contributed by atoms with Gasteiger partial charge in [-0.05, 0) is 51.0 Å². The molecule has 1 fully saturated rings. The van der Waals surface area contributed by atoms with Gasteiger partial charge in [-0.1, -0.05) is 0 Å². The summed E-state index contributed by atoms with van der Waals surface area (Å²) in [6.45, 7) is 8.13. The third kappa shape index (κ3) is 2.30. The zero-order valence-electron chi connectivity index (χ0n) is 9.53. The summed E-state index contributed by atoms with van der Waals surface area (Å²) >= 11 is 0. The molecule has 0 unspecified atom stereocenters. The van der Waals surface area contributed by atoms with E-state index >= 15 is 0 Å². The fourth-order valence-corrected chi connectivity index (χ4v) is 1.68. The monoisotopic (exact) mass is 208 g/mol. The van der Waals surface area contributed by atoms with Crippen LogP contribution in [0.1, 0.15) is 36.8 Å². The Morgan fingerprint density at radius 2 is 1.67 bits per heavy atom. The van der Waals surface area contributed by atoms with E-state index in [0.717, 1.165) is 22.4 Å². The molecule has 2 rings (SSSR count). The van der Waals surface area contributed by atoms with Crippen molar-refractivity contribution in [1.82, 2.24) is 0 Å². The normalized spacial score (nSPS) is 15.8. The number of benzene rings is 1. The lowest BCUT2D eigenvalue weighted by molar-refractivity contribution is 0.0850. The standard InChI is InChI=1S/C12H16O3/c1-7(2)13-11-8(3)5-10(6-9(11)4)12-14-15-12/h5-7,12H,1-4H3. The molecular formula is C12H16O3. The molecule has 1 aliphatic rings. The van der Waals surface area contributed by atoms with Gasteiger partial charge in [0.2, 0.25) is 6.29 Å². The Bertz CT molecular complexity index is 344. The van der Waals surface area contributed by atoms with Crippen LogP contribution >= 0.6 is 0 Å². The number of rotatable bonds is 3. The van der Waals surface area contributed by atoms with Crippen LogP contribution in [0.2, 0.25) is 0 Å². The molecule has 0 aliphatic carbocycles. The van der Waals surface area contributed by atoms with Gasteiger partial charge >= 0.3 is 0 Å². The van der Waals surface area contributed by atoms with Crippen LogP contribution in [0.4, 0.5) is 0 Å². The summed E-state index contributed by atoms with van der Waals surface area (Å²) < 4.78 is 5.75. The van der Waals surface area contributed by atoms with E-state index in [0.29, 0.717) is 0 Å². The fourth-order valence-electron chi connectivity index (χ4n) is 1.68. The minimum absolute atomic E-state index is 0.171. The summed E-state index contributed by atoms with van der Waals surface area (Å²) in [5.74, 6) is 0.967. The van der Waals surface area contributed by atoms with E-state index in [1.54, 1.807) is 0 Å². The molecule has 0 atom stereocenters. The number of hydrogen-bond acceptors (Lipinski definition) is 3. The highest BCUT2D eigenvalue weighted by atomic mass is 17.4.